The van der Waals surface area contributed by atoms with Crippen LogP contribution in [0.3, 0.4) is 0 Å². The van der Waals surface area contributed by atoms with E-state index in [1.807, 2.05) is 0 Å². The summed E-state index contributed by atoms with van der Waals surface area (Å²) in [5.41, 5.74) is 1.55. The van der Waals surface area contributed by atoms with Gasteiger partial charge in [-0.05, 0) is 33.5 Å². The molecule has 0 aliphatic rings. The molecule has 3 rings (SSSR count). The van der Waals surface area contributed by atoms with Crippen LogP contribution in [-0.4, -0.2) is 21.3 Å². The van der Waals surface area contributed by atoms with Gasteiger partial charge in [0.25, 0.3) is 5.52 Å². The summed E-state index contributed by atoms with van der Waals surface area (Å²) in [6, 6.07) is 5.03. The molecule has 0 fully saturated rings. The van der Waals surface area contributed by atoms with Crippen LogP contribution in [0.15, 0.2) is 24.4 Å². The van der Waals surface area contributed by atoms with Crippen LogP contribution in [-0.2, 0) is 0 Å². The minimum absolute atomic E-state index is 0.174. The molecule has 0 aliphatic carbocycles. The van der Waals surface area contributed by atoms with Gasteiger partial charge in [0, 0.05) is 17.2 Å². The Morgan fingerprint density at radius 1 is 1.53 bits per heavy atom. The zero-order chi connectivity index (χ0) is 13.4. The average Bonchev–Trinajstić information content (AvgIpc) is 2.78. The Morgan fingerprint density at radius 3 is 3.16 bits per heavy atom. The Hall–Kier alpha value is -2.08. The zero-order valence-electron chi connectivity index (χ0n) is 9.58. The Kier molecular flexibility index (Phi) is 2.87. The number of nitrogens with zero attached hydrogens (tertiary/aromatic N) is 4. The van der Waals surface area contributed by atoms with E-state index in [-0.39, 0.29) is 6.61 Å². The number of fused-ring (bicyclic) bond motifs is 3. The van der Waals surface area contributed by atoms with Crippen molar-refractivity contribution in [1.29, 1.82) is 0 Å². The molecule has 19 heavy (non-hydrogen) atoms. The van der Waals surface area contributed by atoms with Gasteiger partial charge < -0.3 is 9.94 Å². The molecule has 2 heterocycles. The molecular formula is C12H7IN4O2. The fraction of sp³-hybridized carbons (Fsp3) is 0.0833. The number of ether oxygens (including phenoxy) is 1. The van der Waals surface area contributed by atoms with Crippen LogP contribution in [0.1, 0.15) is 0 Å². The van der Waals surface area contributed by atoms with E-state index in [1.54, 1.807) is 28.9 Å². The molecule has 0 saturated carbocycles. The van der Waals surface area contributed by atoms with Gasteiger partial charge in [-0.15, -0.1) is 6.42 Å². The van der Waals surface area contributed by atoms with E-state index in [1.165, 1.54) is 0 Å². The number of benzene rings is 1. The van der Waals surface area contributed by atoms with Gasteiger partial charge in [0.1, 0.15) is 17.9 Å². The lowest BCUT2D eigenvalue weighted by Crippen LogP contribution is -2.33. The highest BCUT2D eigenvalue weighted by Crippen LogP contribution is 2.20. The van der Waals surface area contributed by atoms with Crippen molar-refractivity contribution in [1.82, 2.24) is 14.7 Å². The predicted molar refractivity (Wildman–Crippen MR) is 76.5 cm³/mol. The smallest absolute Gasteiger partial charge is 0.270 e. The first-order chi connectivity index (χ1) is 9.20. The molecule has 0 aliphatic heterocycles. The first-order valence-corrected chi connectivity index (χ1v) is 6.41. The van der Waals surface area contributed by atoms with Crippen molar-refractivity contribution in [3.8, 4) is 18.1 Å². The van der Waals surface area contributed by atoms with Gasteiger partial charge in [-0.3, -0.25) is 0 Å². The highest BCUT2D eigenvalue weighted by Gasteiger charge is 2.15. The van der Waals surface area contributed by atoms with Crippen molar-refractivity contribution in [2.45, 2.75) is 0 Å². The lowest BCUT2D eigenvalue weighted by atomic mass is 10.3. The van der Waals surface area contributed by atoms with Crippen LogP contribution >= 0.6 is 22.6 Å². The molecular weight excluding hydrogens is 359 g/mol. The second kappa shape index (κ2) is 4.55. The van der Waals surface area contributed by atoms with Crippen LogP contribution in [0, 0.1) is 21.1 Å². The van der Waals surface area contributed by atoms with Crippen molar-refractivity contribution < 1.29 is 9.58 Å². The first kappa shape index (κ1) is 12.0. The molecule has 0 bridgehead atoms. The number of halogens is 1. The summed E-state index contributed by atoms with van der Waals surface area (Å²) >= 11 is 2.08. The first-order valence-electron chi connectivity index (χ1n) is 5.34. The molecule has 0 spiro atoms. The number of rotatable bonds is 2. The maximum Gasteiger partial charge on any atom is 0.270 e. The van der Waals surface area contributed by atoms with Gasteiger partial charge in [0.05, 0.1) is 9.77 Å². The van der Waals surface area contributed by atoms with E-state index in [0.717, 1.165) is 3.57 Å². The maximum absolute atomic E-state index is 11.9. The zero-order valence-corrected chi connectivity index (χ0v) is 11.7. The molecule has 0 unspecified atom stereocenters. The predicted octanol–water partition coefficient (Wildman–Crippen LogP) is 1.13. The Morgan fingerprint density at radius 2 is 2.37 bits per heavy atom. The van der Waals surface area contributed by atoms with Crippen LogP contribution < -0.4 is 9.58 Å². The van der Waals surface area contributed by atoms with Crippen molar-refractivity contribution in [2.75, 3.05) is 6.61 Å². The van der Waals surface area contributed by atoms with Crippen LogP contribution in [0.5, 0.6) is 5.75 Å². The minimum atomic E-state index is 0.174. The molecule has 2 aromatic heterocycles. The lowest BCUT2D eigenvalue weighted by Gasteiger charge is -2.05. The molecule has 1 aromatic carbocycles. The van der Waals surface area contributed by atoms with E-state index in [0.29, 0.717) is 27.3 Å². The second-order valence-electron chi connectivity index (χ2n) is 3.74. The third-order valence-corrected chi connectivity index (χ3v) is 3.35. The molecule has 0 saturated heterocycles. The van der Waals surface area contributed by atoms with Crippen molar-refractivity contribution >= 4 is 39.3 Å². The molecule has 94 valence electrons. The summed E-state index contributed by atoms with van der Waals surface area (Å²) in [7, 11) is 0. The molecule has 0 amide bonds. The van der Waals surface area contributed by atoms with Gasteiger partial charge in [0.15, 0.2) is 0 Å². The van der Waals surface area contributed by atoms with Gasteiger partial charge in [-0.1, -0.05) is 5.92 Å². The highest BCUT2D eigenvalue weighted by molar-refractivity contribution is 14.1. The second-order valence-corrected chi connectivity index (χ2v) is 4.91. The number of terminal acetylenes is 1. The summed E-state index contributed by atoms with van der Waals surface area (Å²) in [4.78, 5) is 0.583. The summed E-state index contributed by atoms with van der Waals surface area (Å²) in [6.45, 7) is 0.174. The Balaban J connectivity index is 2.30. The normalized spacial score (nSPS) is 10.7. The van der Waals surface area contributed by atoms with Crippen molar-refractivity contribution in [3.05, 3.63) is 33.2 Å². The van der Waals surface area contributed by atoms with Crippen molar-refractivity contribution in [3.63, 3.8) is 0 Å². The standard InChI is InChI=1S/C12H7IN4O2/c1-2-5-19-8-3-4-10-11(6-8)16-12(15-17(10)18)9(13)7-14-16/h1,3-4,6-7H,5H2. The highest BCUT2D eigenvalue weighted by atomic mass is 127. The molecule has 0 N–H and O–H groups in total. The quantitative estimate of drug-likeness (QED) is 0.295. The van der Waals surface area contributed by atoms with Gasteiger partial charge >= 0.3 is 0 Å². The summed E-state index contributed by atoms with van der Waals surface area (Å²) in [5, 5.41) is 20.0. The fourth-order valence-corrected chi connectivity index (χ4v) is 2.24. The number of aromatic nitrogens is 4. The monoisotopic (exact) mass is 366 g/mol. The summed E-state index contributed by atoms with van der Waals surface area (Å²) in [6.07, 6.45) is 6.80. The fourth-order valence-electron chi connectivity index (χ4n) is 1.78. The van der Waals surface area contributed by atoms with Crippen LogP contribution in [0.25, 0.3) is 16.7 Å². The van der Waals surface area contributed by atoms with E-state index in [2.05, 4.69) is 38.7 Å². The van der Waals surface area contributed by atoms with Gasteiger partial charge in [0.2, 0.25) is 5.65 Å². The van der Waals surface area contributed by atoms with Crippen LogP contribution in [0.2, 0.25) is 0 Å². The Labute approximate surface area is 121 Å². The van der Waals surface area contributed by atoms with Gasteiger partial charge in [-0.25, -0.2) is 4.52 Å². The topological polar surface area (TPSA) is 66.4 Å². The third-order valence-electron chi connectivity index (χ3n) is 2.59. The van der Waals surface area contributed by atoms with E-state index >= 15 is 0 Å². The van der Waals surface area contributed by atoms with E-state index < -0.39 is 0 Å². The Bertz CT molecular complexity index is 822. The molecule has 6 nitrogen and oxygen atoms in total. The summed E-state index contributed by atoms with van der Waals surface area (Å²) < 4.78 is 7.76. The average molecular weight is 366 g/mol. The maximum atomic E-state index is 11.9. The molecule has 0 atom stereocenters. The van der Waals surface area contributed by atoms with Crippen LogP contribution in [0.4, 0.5) is 0 Å². The van der Waals surface area contributed by atoms with E-state index in [4.69, 9.17) is 11.2 Å². The molecule has 3 aromatic rings. The molecule has 0 radical (unpaired) electrons. The largest absolute Gasteiger partial charge is 0.594 e. The number of hydrogen-bond acceptors (Lipinski definition) is 4. The van der Waals surface area contributed by atoms with Gasteiger partial charge in [-0.2, -0.15) is 5.10 Å². The summed E-state index contributed by atoms with van der Waals surface area (Å²) in [5.74, 6) is 2.98. The number of hydrogen-bond donors (Lipinski definition) is 0. The lowest BCUT2D eigenvalue weighted by molar-refractivity contribution is -0.640. The van der Waals surface area contributed by atoms with E-state index in [9.17, 15) is 5.21 Å². The SMILES string of the molecule is C#CCOc1ccc2c(c1)n1ncc(I)c1n[n+]2[O-]. The third kappa shape index (κ3) is 1.94. The molecule has 7 heteroatoms. The minimum Gasteiger partial charge on any atom is -0.594 e. The van der Waals surface area contributed by atoms with Crippen molar-refractivity contribution in [2.24, 2.45) is 0 Å².